The third kappa shape index (κ3) is 3.39. The lowest BCUT2D eigenvalue weighted by molar-refractivity contribution is 0.129. The van der Waals surface area contributed by atoms with Crippen molar-refractivity contribution in [2.75, 3.05) is 25.4 Å². The van der Waals surface area contributed by atoms with Crippen molar-refractivity contribution in [1.82, 2.24) is 9.21 Å². The maximum Gasteiger partial charge on any atom is 0.410 e. The Morgan fingerprint density at radius 3 is 2.62 bits per heavy atom. The molecule has 2 fully saturated rings. The predicted octanol–water partition coefficient (Wildman–Crippen LogP) is 1.61. The molecular weight excluding hydrogens is 335 g/mol. The number of hydrogen-bond donors (Lipinski definition) is 0. The number of fused-ring (bicyclic) bond motifs is 1. The lowest BCUT2D eigenvalue weighted by Crippen LogP contribution is -2.40. The summed E-state index contributed by atoms with van der Waals surface area (Å²) in [5, 5.41) is 0. The molecule has 1 amide bonds. The Morgan fingerprint density at radius 2 is 1.96 bits per heavy atom. The lowest BCUT2D eigenvalue weighted by Gasteiger charge is -2.22. The van der Waals surface area contributed by atoms with E-state index >= 15 is 0 Å². The van der Waals surface area contributed by atoms with Gasteiger partial charge in [-0.1, -0.05) is 12.1 Å². The van der Waals surface area contributed by atoms with Gasteiger partial charge >= 0.3 is 6.09 Å². The molecule has 0 aromatic heterocycles. The van der Waals surface area contributed by atoms with Crippen molar-refractivity contribution in [3.63, 3.8) is 0 Å². The number of halogens is 1. The van der Waals surface area contributed by atoms with Gasteiger partial charge in [-0.05, 0) is 37.5 Å². The van der Waals surface area contributed by atoms with Gasteiger partial charge in [0, 0.05) is 13.1 Å². The molecule has 0 saturated carbocycles. The van der Waals surface area contributed by atoms with Gasteiger partial charge in [0.1, 0.15) is 11.9 Å². The van der Waals surface area contributed by atoms with Crippen molar-refractivity contribution >= 4 is 16.1 Å². The number of aryl methyl sites for hydroxylation is 1. The molecular formula is C16H21FN2O4S. The number of rotatable bonds is 6. The topological polar surface area (TPSA) is 66.9 Å². The van der Waals surface area contributed by atoms with E-state index in [0.717, 1.165) is 12.0 Å². The highest BCUT2D eigenvalue weighted by molar-refractivity contribution is 7.89. The van der Waals surface area contributed by atoms with E-state index in [4.69, 9.17) is 4.74 Å². The van der Waals surface area contributed by atoms with Crippen LogP contribution in [-0.4, -0.2) is 61.2 Å². The van der Waals surface area contributed by atoms with Crippen molar-refractivity contribution in [3.05, 3.63) is 35.6 Å². The summed E-state index contributed by atoms with van der Waals surface area (Å²) in [5.74, 6) is -0.224. The van der Waals surface area contributed by atoms with Crippen molar-refractivity contribution in [3.8, 4) is 0 Å². The molecule has 2 atom stereocenters. The minimum Gasteiger partial charge on any atom is -0.442 e. The Labute approximate surface area is 141 Å². The summed E-state index contributed by atoms with van der Waals surface area (Å²) in [5.41, 5.74) is 1.00. The fourth-order valence-corrected chi connectivity index (χ4v) is 4.36. The van der Waals surface area contributed by atoms with Gasteiger partial charge < -0.3 is 9.64 Å². The van der Waals surface area contributed by atoms with E-state index in [1.54, 1.807) is 24.0 Å². The third-order valence-corrected chi connectivity index (χ3v) is 6.44. The number of sulfonamides is 1. The van der Waals surface area contributed by atoms with Crippen molar-refractivity contribution in [1.29, 1.82) is 0 Å². The van der Waals surface area contributed by atoms with Gasteiger partial charge in [-0.25, -0.2) is 17.6 Å². The average Bonchev–Trinajstić information content (AvgIpc) is 3.08. The lowest BCUT2D eigenvalue weighted by atomic mass is 10.1. The van der Waals surface area contributed by atoms with Crippen LogP contribution in [0.3, 0.4) is 0 Å². The maximum atomic E-state index is 12.9. The summed E-state index contributed by atoms with van der Waals surface area (Å²) in [6.07, 6.45) is 0.672. The molecule has 1 aromatic rings. The van der Waals surface area contributed by atoms with Crippen LogP contribution >= 0.6 is 0 Å². The molecule has 6 nitrogen and oxygen atoms in total. The number of amides is 1. The first kappa shape index (κ1) is 17.2. The fourth-order valence-electron chi connectivity index (χ4n) is 3.24. The molecule has 1 aromatic carbocycles. The van der Waals surface area contributed by atoms with E-state index in [0.29, 0.717) is 19.5 Å². The minimum atomic E-state index is -3.27. The highest BCUT2D eigenvalue weighted by atomic mass is 32.2. The molecule has 0 spiro atoms. The summed E-state index contributed by atoms with van der Waals surface area (Å²) in [4.78, 5) is 13.6. The van der Waals surface area contributed by atoms with Gasteiger partial charge in [0.25, 0.3) is 0 Å². The molecule has 2 aliphatic heterocycles. The summed E-state index contributed by atoms with van der Waals surface area (Å²) in [6.45, 7) is 2.64. The molecule has 2 saturated heterocycles. The summed E-state index contributed by atoms with van der Waals surface area (Å²) < 4.78 is 43.6. The number of ether oxygens (including phenoxy) is 1. The van der Waals surface area contributed by atoms with Crippen LogP contribution in [0.15, 0.2) is 24.3 Å². The standard InChI is InChI=1S/C16H21FN2O4S/c1-2-24(21,22)18-10-14-15(11-18)23-16(20)19(14)9-3-4-12-5-7-13(17)8-6-12/h5-8,14-15H,2-4,9-11H2,1H3/t14-,15+/m0/s1. The van der Waals surface area contributed by atoms with Crippen molar-refractivity contribution in [2.45, 2.75) is 31.9 Å². The van der Waals surface area contributed by atoms with Gasteiger partial charge in [-0.3, -0.25) is 0 Å². The molecule has 132 valence electrons. The Morgan fingerprint density at radius 1 is 1.25 bits per heavy atom. The zero-order valence-corrected chi connectivity index (χ0v) is 14.3. The molecule has 0 bridgehead atoms. The van der Waals surface area contributed by atoms with E-state index in [9.17, 15) is 17.6 Å². The van der Waals surface area contributed by atoms with Gasteiger partial charge in [-0.2, -0.15) is 4.31 Å². The largest absolute Gasteiger partial charge is 0.442 e. The quantitative estimate of drug-likeness (QED) is 0.777. The Bertz CT molecular complexity index is 707. The normalized spacial score (nSPS) is 24.2. The highest BCUT2D eigenvalue weighted by Crippen LogP contribution is 2.28. The molecule has 0 unspecified atom stereocenters. The molecule has 2 aliphatic rings. The van der Waals surface area contributed by atoms with Crippen LogP contribution in [0.1, 0.15) is 18.9 Å². The first-order chi connectivity index (χ1) is 11.4. The zero-order chi connectivity index (χ0) is 17.3. The average molecular weight is 356 g/mol. The predicted molar refractivity (Wildman–Crippen MR) is 86.5 cm³/mol. The molecule has 0 N–H and O–H groups in total. The first-order valence-electron chi connectivity index (χ1n) is 8.10. The molecule has 0 aliphatic carbocycles. The summed E-state index contributed by atoms with van der Waals surface area (Å²) in [7, 11) is -3.27. The second-order valence-electron chi connectivity index (χ2n) is 6.13. The molecule has 24 heavy (non-hydrogen) atoms. The smallest absolute Gasteiger partial charge is 0.410 e. The van der Waals surface area contributed by atoms with Crippen LogP contribution in [-0.2, 0) is 21.2 Å². The van der Waals surface area contributed by atoms with Gasteiger partial charge in [0.05, 0.1) is 18.3 Å². The van der Waals surface area contributed by atoms with Crippen LogP contribution in [0, 0.1) is 5.82 Å². The van der Waals surface area contributed by atoms with Gasteiger partial charge in [0.2, 0.25) is 10.0 Å². The first-order valence-corrected chi connectivity index (χ1v) is 9.71. The van der Waals surface area contributed by atoms with Crippen LogP contribution in [0.5, 0.6) is 0 Å². The van der Waals surface area contributed by atoms with Crippen LogP contribution in [0.25, 0.3) is 0 Å². The number of carbonyl (C=O) groups excluding carboxylic acids is 1. The molecule has 8 heteroatoms. The summed E-state index contributed by atoms with van der Waals surface area (Å²) in [6, 6.07) is 6.07. The van der Waals surface area contributed by atoms with Crippen molar-refractivity contribution < 1.29 is 22.3 Å². The minimum absolute atomic E-state index is 0.0466. The monoisotopic (exact) mass is 356 g/mol. The highest BCUT2D eigenvalue weighted by Gasteiger charge is 2.49. The number of nitrogens with zero attached hydrogens (tertiary/aromatic N) is 2. The van der Waals surface area contributed by atoms with Crippen LogP contribution in [0.4, 0.5) is 9.18 Å². The fraction of sp³-hybridized carbons (Fsp3) is 0.562. The SMILES string of the molecule is CCS(=O)(=O)N1C[C@H]2OC(=O)N(CCCc3ccc(F)cc3)[C@H]2C1. The Kier molecular flexibility index (Phi) is 4.78. The molecule has 0 radical (unpaired) electrons. The molecule has 2 heterocycles. The van der Waals surface area contributed by atoms with E-state index in [2.05, 4.69) is 0 Å². The van der Waals surface area contributed by atoms with Crippen LogP contribution in [0.2, 0.25) is 0 Å². The second kappa shape index (κ2) is 6.68. The summed E-state index contributed by atoms with van der Waals surface area (Å²) >= 11 is 0. The van der Waals surface area contributed by atoms with Gasteiger partial charge in [-0.15, -0.1) is 0 Å². The Balaban J connectivity index is 1.57. The molecule has 3 rings (SSSR count). The van der Waals surface area contributed by atoms with E-state index in [1.807, 2.05) is 0 Å². The second-order valence-corrected chi connectivity index (χ2v) is 8.39. The van der Waals surface area contributed by atoms with Crippen LogP contribution < -0.4 is 0 Å². The third-order valence-electron chi connectivity index (χ3n) is 4.63. The maximum absolute atomic E-state index is 12.9. The van der Waals surface area contributed by atoms with E-state index in [-0.39, 0.29) is 36.4 Å². The van der Waals surface area contributed by atoms with E-state index < -0.39 is 10.0 Å². The van der Waals surface area contributed by atoms with Gasteiger partial charge in [0.15, 0.2) is 0 Å². The number of benzene rings is 1. The van der Waals surface area contributed by atoms with E-state index in [1.165, 1.54) is 16.4 Å². The Hall–Kier alpha value is -1.67. The zero-order valence-electron chi connectivity index (χ0n) is 13.5. The van der Waals surface area contributed by atoms with Crippen molar-refractivity contribution in [2.24, 2.45) is 0 Å². The number of hydrogen-bond acceptors (Lipinski definition) is 4. The number of carbonyl (C=O) groups is 1.